The maximum atomic E-state index is 12.1. The lowest BCUT2D eigenvalue weighted by Crippen LogP contribution is -2.50. The van der Waals surface area contributed by atoms with Crippen LogP contribution < -0.4 is 4.90 Å². The van der Waals surface area contributed by atoms with Crippen molar-refractivity contribution in [2.45, 2.75) is 26.4 Å². The SMILES string of the molecule is C#Cc1cc(C(=O)O)cc(N2CCN(C(=O)OC(C)(C)C)CC2)c1. The molecule has 1 aliphatic heterocycles. The van der Waals surface area contributed by atoms with E-state index in [0.717, 1.165) is 5.69 Å². The van der Waals surface area contributed by atoms with Crippen molar-refractivity contribution >= 4 is 17.7 Å². The first-order chi connectivity index (χ1) is 11.2. The molecule has 6 nitrogen and oxygen atoms in total. The van der Waals surface area contributed by atoms with Crippen molar-refractivity contribution < 1.29 is 19.4 Å². The van der Waals surface area contributed by atoms with Gasteiger partial charge in [-0.3, -0.25) is 0 Å². The number of aromatic carboxylic acids is 1. The summed E-state index contributed by atoms with van der Waals surface area (Å²) in [5.41, 5.74) is 0.923. The number of amides is 1. The van der Waals surface area contributed by atoms with E-state index in [1.807, 2.05) is 25.7 Å². The zero-order chi connectivity index (χ0) is 17.9. The molecule has 6 heteroatoms. The molecule has 1 heterocycles. The first kappa shape index (κ1) is 17.7. The Bertz CT molecular complexity index is 677. The van der Waals surface area contributed by atoms with Gasteiger partial charge in [-0.25, -0.2) is 9.59 Å². The van der Waals surface area contributed by atoms with Crippen LogP contribution in [0.5, 0.6) is 0 Å². The number of terminal acetylenes is 1. The van der Waals surface area contributed by atoms with Crippen LogP contribution in [0.15, 0.2) is 18.2 Å². The second-order valence-electron chi connectivity index (χ2n) is 6.67. The molecule has 0 saturated carbocycles. The summed E-state index contributed by atoms with van der Waals surface area (Å²) in [5, 5.41) is 9.19. The first-order valence-electron chi connectivity index (χ1n) is 7.77. The maximum absolute atomic E-state index is 12.1. The zero-order valence-electron chi connectivity index (χ0n) is 14.2. The molecular weight excluding hydrogens is 308 g/mol. The van der Waals surface area contributed by atoms with Crippen LogP contribution in [0.2, 0.25) is 0 Å². The van der Waals surface area contributed by atoms with Crippen LogP contribution in [0.25, 0.3) is 0 Å². The summed E-state index contributed by atoms with van der Waals surface area (Å²) in [5.74, 6) is 1.47. The average molecular weight is 330 g/mol. The van der Waals surface area contributed by atoms with Crippen LogP contribution in [0.3, 0.4) is 0 Å². The largest absolute Gasteiger partial charge is 0.478 e. The quantitative estimate of drug-likeness (QED) is 0.843. The number of hydrogen-bond donors (Lipinski definition) is 1. The van der Waals surface area contributed by atoms with E-state index in [9.17, 15) is 14.7 Å². The molecule has 1 aromatic carbocycles. The average Bonchev–Trinajstić information content (AvgIpc) is 2.52. The van der Waals surface area contributed by atoms with Crippen molar-refractivity contribution in [3.8, 4) is 12.3 Å². The number of hydrogen-bond acceptors (Lipinski definition) is 4. The molecule has 0 aromatic heterocycles. The van der Waals surface area contributed by atoms with Gasteiger partial charge in [0.2, 0.25) is 0 Å². The van der Waals surface area contributed by atoms with E-state index in [2.05, 4.69) is 5.92 Å². The third kappa shape index (κ3) is 4.42. The number of rotatable bonds is 2. The molecule has 1 aliphatic rings. The fourth-order valence-corrected chi connectivity index (χ4v) is 2.47. The molecule has 0 radical (unpaired) electrons. The fourth-order valence-electron chi connectivity index (χ4n) is 2.47. The summed E-state index contributed by atoms with van der Waals surface area (Å²) in [4.78, 5) is 27.0. The molecule has 0 aliphatic carbocycles. The molecule has 1 aromatic rings. The van der Waals surface area contributed by atoms with Gasteiger partial charge < -0.3 is 19.6 Å². The van der Waals surface area contributed by atoms with Crippen LogP contribution in [0.4, 0.5) is 10.5 Å². The Morgan fingerprint density at radius 1 is 1.17 bits per heavy atom. The Labute approximate surface area is 142 Å². The molecule has 0 bridgehead atoms. The smallest absolute Gasteiger partial charge is 0.410 e. The minimum atomic E-state index is -1.01. The van der Waals surface area contributed by atoms with Gasteiger partial charge in [-0.2, -0.15) is 0 Å². The van der Waals surface area contributed by atoms with Gasteiger partial charge in [0.05, 0.1) is 5.56 Å². The minimum absolute atomic E-state index is 0.162. The number of anilines is 1. The first-order valence-corrected chi connectivity index (χ1v) is 7.77. The van der Waals surface area contributed by atoms with Gasteiger partial charge >= 0.3 is 12.1 Å². The van der Waals surface area contributed by atoms with Crippen LogP contribution in [-0.2, 0) is 4.74 Å². The highest BCUT2D eigenvalue weighted by molar-refractivity contribution is 5.89. The van der Waals surface area contributed by atoms with Gasteiger partial charge in [-0.15, -0.1) is 6.42 Å². The number of carbonyl (C=O) groups is 2. The highest BCUT2D eigenvalue weighted by Gasteiger charge is 2.26. The summed E-state index contributed by atoms with van der Waals surface area (Å²) in [6, 6.07) is 4.87. The second kappa shape index (κ2) is 6.83. The molecule has 0 unspecified atom stereocenters. The van der Waals surface area contributed by atoms with Gasteiger partial charge in [-0.1, -0.05) is 5.92 Å². The number of carboxylic acids is 1. The third-order valence-corrected chi connectivity index (χ3v) is 3.63. The van der Waals surface area contributed by atoms with Gasteiger partial charge in [0.1, 0.15) is 5.60 Å². The van der Waals surface area contributed by atoms with Crippen LogP contribution in [-0.4, -0.2) is 53.8 Å². The Hall–Kier alpha value is -2.68. The number of piperazine rings is 1. The van der Waals surface area contributed by atoms with E-state index in [0.29, 0.717) is 31.7 Å². The monoisotopic (exact) mass is 330 g/mol. The summed E-state index contributed by atoms with van der Waals surface area (Å²) < 4.78 is 5.37. The third-order valence-electron chi connectivity index (χ3n) is 3.63. The topological polar surface area (TPSA) is 70.1 Å². The van der Waals surface area contributed by atoms with Gasteiger partial charge in [0.25, 0.3) is 0 Å². The summed E-state index contributed by atoms with van der Waals surface area (Å²) in [6.45, 7) is 7.70. The van der Waals surface area contributed by atoms with Crippen molar-refractivity contribution in [3.05, 3.63) is 29.3 Å². The molecule has 1 saturated heterocycles. The summed E-state index contributed by atoms with van der Waals surface area (Å²) >= 11 is 0. The molecule has 24 heavy (non-hydrogen) atoms. The van der Waals surface area contributed by atoms with E-state index in [4.69, 9.17) is 11.2 Å². The van der Waals surface area contributed by atoms with Gasteiger partial charge in [-0.05, 0) is 39.0 Å². The molecule has 1 fully saturated rings. The normalized spacial score (nSPS) is 14.9. The summed E-state index contributed by atoms with van der Waals surface area (Å²) in [7, 11) is 0. The standard InChI is InChI=1S/C18H22N2O4/c1-5-13-10-14(16(21)22)12-15(11-13)19-6-8-20(9-7-19)17(23)24-18(2,3)4/h1,10-12H,6-9H2,2-4H3,(H,21,22). The lowest BCUT2D eigenvalue weighted by atomic mass is 10.1. The molecule has 2 rings (SSSR count). The number of ether oxygens (including phenoxy) is 1. The second-order valence-corrected chi connectivity index (χ2v) is 6.67. The molecule has 1 amide bonds. The number of carboxylic acid groups (broad SMARTS) is 1. The lowest BCUT2D eigenvalue weighted by molar-refractivity contribution is 0.0240. The maximum Gasteiger partial charge on any atom is 0.410 e. The summed E-state index contributed by atoms with van der Waals surface area (Å²) in [6.07, 6.45) is 5.08. The molecule has 0 spiro atoms. The molecular formula is C18H22N2O4. The predicted octanol–water partition coefficient (Wildman–Crippen LogP) is 2.42. The number of carbonyl (C=O) groups excluding carboxylic acids is 1. The molecule has 0 atom stereocenters. The number of nitrogens with zero attached hydrogens (tertiary/aromatic N) is 2. The van der Waals surface area contributed by atoms with Crippen molar-refractivity contribution in [3.63, 3.8) is 0 Å². The Morgan fingerprint density at radius 2 is 1.79 bits per heavy atom. The van der Waals surface area contributed by atoms with Crippen LogP contribution in [0.1, 0.15) is 36.7 Å². The van der Waals surface area contributed by atoms with Crippen molar-refractivity contribution in [1.82, 2.24) is 4.90 Å². The minimum Gasteiger partial charge on any atom is -0.478 e. The van der Waals surface area contributed by atoms with Crippen LogP contribution in [0, 0.1) is 12.3 Å². The van der Waals surface area contributed by atoms with Gasteiger partial charge in [0.15, 0.2) is 0 Å². The van der Waals surface area contributed by atoms with Gasteiger partial charge in [0, 0.05) is 37.4 Å². The molecule has 1 N–H and O–H groups in total. The molecule has 128 valence electrons. The van der Waals surface area contributed by atoms with Crippen molar-refractivity contribution in [2.24, 2.45) is 0 Å². The van der Waals surface area contributed by atoms with Crippen LogP contribution >= 0.6 is 0 Å². The van der Waals surface area contributed by atoms with E-state index in [1.165, 1.54) is 6.07 Å². The lowest BCUT2D eigenvalue weighted by Gasteiger charge is -2.36. The Kier molecular flexibility index (Phi) is 5.03. The van der Waals surface area contributed by atoms with E-state index >= 15 is 0 Å². The highest BCUT2D eigenvalue weighted by Crippen LogP contribution is 2.21. The zero-order valence-corrected chi connectivity index (χ0v) is 14.2. The van der Waals surface area contributed by atoms with E-state index in [1.54, 1.807) is 17.0 Å². The van der Waals surface area contributed by atoms with E-state index in [-0.39, 0.29) is 11.7 Å². The van der Waals surface area contributed by atoms with Crippen molar-refractivity contribution in [2.75, 3.05) is 31.1 Å². The van der Waals surface area contributed by atoms with Crippen molar-refractivity contribution in [1.29, 1.82) is 0 Å². The Morgan fingerprint density at radius 3 is 2.29 bits per heavy atom. The fraction of sp³-hybridized carbons (Fsp3) is 0.444. The predicted molar refractivity (Wildman–Crippen MR) is 91.4 cm³/mol. The number of benzene rings is 1. The Balaban J connectivity index is 2.07. The highest BCUT2D eigenvalue weighted by atomic mass is 16.6. The van der Waals surface area contributed by atoms with E-state index < -0.39 is 11.6 Å².